The summed E-state index contributed by atoms with van der Waals surface area (Å²) in [5.41, 5.74) is 0. The first kappa shape index (κ1) is 8.48. The van der Waals surface area contributed by atoms with Crippen molar-refractivity contribution in [3.05, 3.63) is 0 Å². The maximum atomic E-state index is 5.68. The van der Waals surface area contributed by atoms with Gasteiger partial charge in [0.2, 0.25) is 0 Å². The topological polar surface area (TPSA) is 41.3 Å². The molecular weight excluding hydrogens is 150 g/mol. The van der Waals surface area contributed by atoms with Gasteiger partial charge in [-0.3, -0.25) is 5.84 Å². The fraction of sp³-hybridized carbons (Fsp3) is 1.00. The molecule has 0 bridgehead atoms. The number of hydrogen-bond donors (Lipinski definition) is 2. The lowest BCUT2D eigenvalue weighted by atomic mass is 9.91. The van der Waals surface area contributed by atoms with E-state index in [1.807, 2.05) is 5.01 Å². The molecule has 1 heterocycles. The van der Waals surface area contributed by atoms with Gasteiger partial charge in [0.1, 0.15) is 0 Å². The number of nitrogens with zero attached hydrogens (tertiary/aromatic N) is 1. The number of hydrazine groups is 1. The highest BCUT2D eigenvalue weighted by atomic mass is 15.4. The summed E-state index contributed by atoms with van der Waals surface area (Å²) in [4.78, 5) is 0. The molecule has 1 aliphatic carbocycles. The van der Waals surface area contributed by atoms with Gasteiger partial charge in [-0.1, -0.05) is 6.42 Å². The smallest absolute Gasteiger partial charge is 0.0143 e. The minimum absolute atomic E-state index is 0.745. The van der Waals surface area contributed by atoms with E-state index in [9.17, 15) is 0 Å². The fourth-order valence-corrected chi connectivity index (χ4v) is 1.97. The molecule has 0 aromatic carbocycles. The van der Waals surface area contributed by atoms with Crippen LogP contribution in [0.2, 0.25) is 0 Å². The molecule has 70 valence electrons. The molecule has 0 radical (unpaired) electrons. The molecule has 2 aliphatic rings. The maximum Gasteiger partial charge on any atom is 0.0143 e. The third kappa shape index (κ3) is 1.97. The van der Waals surface area contributed by atoms with Crippen LogP contribution in [0.15, 0.2) is 0 Å². The van der Waals surface area contributed by atoms with Crippen molar-refractivity contribution in [2.75, 3.05) is 13.1 Å². The second kappa shape index (κ2) is 3.73. The van der Waals surface area contributed by atoms with E-state index in [1.54, 1.807) is 0 Å². The summed E-state index contributed by atoms with van der Waals surface area (Å²) < 4.78 is 0. The molecule has 0 aromatic heterocycles. The molecule has 0 amide bonds. The molecule has 3 N–H and O–H groups in total. The Kier molecular flexibility index (Phi) is 2.63. The van der Waals surface area contributed by atoms with Crippen LogP contribution >= 0.6 is 0 Å². The van der Waals surface area contributed by atoms with Crippen LogP contribution in [0.25, 0.3) is 0 Å². The van der Waals surface area contributed by atoms with Crippen LogP contribution in [0.1, 0.15) is 32.1 Å². The number of rotatable bonds is 2. The summed E-state index contributed by atoms with van der Waals surface area (Å²) in [5, 5.41) is 5.62. The van der Waals surface area contributed by atoms with E-state index in [4.69, 9.17) is 5.84 Å². The van der Waals surface area contributed by atoms with Gasteiger partial charge < -0.3 is 5.32 Å². The zero-order chi connectivity index (χ0) is 8.39. The maximum absolute atomic E-state index is 5.68. The van der Waals surface area contributed by atoms with Crippen LogP contribution in [0.3, 0.4) is 0 Å². The summed E-state index contributed by atoms with van der Waals surface area (Å²) in [6.07, 6.45) is 6.67. The van der Waals surface area contributed by atoms with Crippen molar-refractivity contribution in [3.8, 4) is 0 Å². The SMILES string of the molecule is NN1CCC(NC2CCC2)CC1. The molecule has 1 aliphatic heterocycles. The van der Waals surface area contributed by atoms with Crippen LogP contribution in [0, 0.1) is 0 Å². The van der Waals surface area contributed by atoms with Crippen LogP contribution in [-0.4, -0.2) is 30.2 Å². The van der Waals surface area contributed by atoms with Gasteiger partial charge in [-0.15, -0.1) is 0 Å². The van der Waals surface area contributed by atoms with Crippen molar-refractivity contribution in [2.45, 2.75) is 44.2 Å². The lowest BCUT2D eigenvalue weighted by Crippen LogP contribution is -2.49. The van der Waals surface area contributed by atoms with E-state index in [2.05, 4.69) is 5.32 Å². The minimum Gasteiger partial charge on any atom is -0.311 e. The molecule has 0 spiro atoms. The van der Waals surface area contributed by atoms with Gasteiger partial charge in [0.25, 0.3) is 0 Å². The summed E-state index contributed by atoms with van der Waals surface area (Å²) in [7, 11) is 0. The first-order valence-electron chi connectivity index (χ1n) is 5.10. The van der Waals surface area contributed by atoms with E-state index in [0.29, 0.717) is 0 Å². The lowest BCUT2D eigenvalue weighted by Gasteiger charge is -2.35. The third-order valence-electron chi connectivity index (χ3n) is 3.11. The van der Waals surface area contributed by atoms with Crippen LogP contribution < -0.4 is 11.2 Å². The average molecular weight is 169 g/mol. The second-order valence-corrected chi connectivity index (χ2v) is 4.10. The van der Waals surface area contributed by atoms with Gasteiger partial charge >= 0.3 is 0 Å². The zero-order valence-electron chi connectivity index (χ0n) is 7.63. The Hall–Kier alpha value is -0.120. The standard InChI is InChI=1S/C9H19N3/c10-12-6-4-9(5-7-12)11-8-2-1-3-8/h8-9,11H,1-7,10H2. The summed E-state index contributed by atoms with van der Waals surface area (Å²) >= 11 is 0. The molecule has 12 heavy (non-hydrogen) atoms. The lowest BCUT2D eigenvalue weighted by molar-refractivity contribution is 0.180. The molecule has 2 rings (SSSR count). The van der Waals surface area contributed by atoms with Crippen molar-refractivity contribution in [1.29, 1.82) is 0 Å². The van der Waals surface area contributed by atoms with Crippen molar-refractivity contribution in [1.82, 2.24) is 10.3 Å². The fourth-order valence-electron chi connectivity index (χ4n) is 1.97. The molecule has 1 saturated heterocycles. The van der Waals surface area contributed by atoms with Crippen molar-refractivity contribution in [3.63, 3.8) is 0 Å². The average Bonchev–Trinajstić information content (AvgIpc) is 2.00. The van der Waals surface area contributed by atoms with E-state index in [1.165, 1.54) is 32.1 Å². The minimum atomic E-state index is 0.745. The monoisotopic (exact) mass is 169 g/mol. The van der Waals surface area contributed by atoms with Gasteiger partial charge in [-0.05, 0) is 25.7 Å². The highest BCUT2D eigenvalue weighted by molar-refractivity contribution is 4.83. The highest BCUT2D eigenvalue weighted by Crippen LogP contribution is 2.20. The van der Waals surface area contributed by atoms with Crippen LogP contribution in [0.4, 0.5) is 0 Å². The van der Waals surface area contributed by atoms with E-state index < -0.39 is 0 Å². The van der Waals surface area contributed by atoms with Gasteiger partial charge in [0, 0.05) is 25.2 Å². The first-order valence-corrected chi connectivity index (χ1v) is 5.10. The van der Waals surface area contributed by atoms with Crippen LogP contribution in [0.5, 0.6) is 0 Å². The van der Waals surface area contributed by atoms with Gasteiger partial charge in [0.15, 0.2) is 0 Å². The third-order valence-corrected chi connectivity index (χ3v) is 3.11. The van der Waals surface area contributed by atoms with Crippen molar-refractivity contribution in [2.24, 2.45) is 5.84 Å². The first-order chi connectivity index (χ1) is 5.84. The highest BCUT2D eigenvalue weighted by Gasteiger charge is 2.23. The molecule has 3 nitrogen and oxygen atoms in total. The molecule has 1 saturated carbocycles. The predicted molar refractivity (Wildman–Crippen MR) is 49.6 cm³/mol. The molecule has 3 heteroatoms. The quantitative estimate of drug-likeness (QED) is 0.590. The van der Waals surface area contributed by atoms with Crippen LogP contribution in [-0.2, 0) is 0 Å². The van der Waals surface area contributed by atoms with E-state index in [0.717, 1.165) is 25.2 Å². The summed E-state index contributed by atoms with van der Waals surface area (Å²) in [5.74, 6) is 5.68. The summed E-state index contributed by atoms with van der Waals surface area (Å²) in [6, 6.07) is 1.58. The van der Waals surface area contributed by atoms with Gasteiger partial charge in [-0.25, -0.2) is 5.01 Å². The normalized spacial score (nSPS) is 28.8. The molecule has 0 atom stereocenters. The second-order valence-electron chi connectivity index (χ2n) is 4.10. The zero-order valence-corrected chi connectivity index (χ0v) is 7.63. The number of nitrogens with two attached hydrogens (primary N) is 1. The van der Waals surface area contributed by atoms with Crippen molar-refractivity contribution < 1.29 is 0 Å². The van der Waals surface area contributed by atoms with E-state index in [-0.39, 0.29) is 0 Å². The largest absolute Gasteiger partial charge is 0.311 e. The Morgan fingerprint density at radius 2 is 1.58 bits per heavy atom. The van der Waals surface area contributed by atoms with Gasteiger partial charge in [0.05, 0.1) is 0 Å². The predicted octanol–water partition coefficient (Wildman–Crippen LogP) is 0.467. The molecule has 0 unspecified atom stereocenters. The van der Waals surface area contributed by atoms with Gasteiger partial charge in [-0.2, -0.15) is 0 Å². The summed E-state index contributed by atoms with van der Waals surface area (Å²) in [6.45, 7) is 2.12. The van der Waals surface area contributed by atoms with E-state index >= 15 is 0 Å². The van der Waals surface area contributed by atoms with Crippen molar-refractivity contribution >= 4 is 0 Å². The Morgan fingerprint density at radius 3 is 2.08 bits per heavy atom. The number of hydrogen-bond acceptors (Lipinski definition) is 3. The Bertz CT molecular complexity index is 137. The number of piperidine rings is 1. The Morgan fingerprint density at radius 1 is 1.00 bits per heavy atom. The molecule has 0 aromatic rings. The Balaban J connectivity index is 1.67. The molecule has 2 fully saturated rings. The Labute approximate surface area is 74.3 Å². The number of nitrogens with one attached hydrogen (secondary N) is 1. The molecular formula is C9H19N3.